The summed E-state index contributed by atoms with van der Waals surface area (Å²) in [5.41, 5.74) is 1.59. The minimum Gasteiger partial charge on any atom is -0.478 e. The number of carboxylic acids is 1. The molecule has 2 rings (SSSR count). The topological polar surface area (TPSA) is 70.2 Å². The first kappa shape index (κ1) is 10.2. The van der Waals surface area contributed by atoms with Gasteiger partial charge in [0.05, 0.1) is 5.56 Å². The van der Waals surface area contributed by atoms with E-state index in [1.165, 1.54) is 24.3 Å². The number of carboxylic acid groups (broad SMARTS) is 1. The largest absolute Gasteiger partial charge is 0.478 e. The number of hydrogen-bond acceptors (Lipinski definition) is 2. The van der Waals surface area contributed by atoms with Gasteiger partial charge in [-0.2, -0.15) is 0 Å². The van der Waals surface area contributed by atoms with Gasteiger partial charge in [-0.15, -0.1) is 0 Å². The third kappa shape index (κ3) is 2.00. The van der Waals surface area contributed by atoms with Crippen molar-refractivity contribution < 1.29 is 9.90 Å². The second-order valence-corrected chi connectivity index (χ2v) is 3.32. The number of aromatic carboxylic acids is 1. The van der Waals surface area contributed by atoms with Crippen LogP contribution in [0.25, 0.3) is 11.3 Å². The number of benzene rings is 1. The van der Waals surface area contributed by atoms with Crippen molar-refractivity contribution in [2.24, 2.45) is 0 Å². The zero-order valence-electron chi connectivity index (χ0n) is 8.31. The molecule has 0 radical (unpaired) electrons. The lowest BCUT2D eigenvalue weighted by atomic mass is 10.1. The van der Waals surface area contributed by atoms with Crippen molar-refractivity contribution in [1.82, 2.24) is 4.98 Å². The average molecular weight is 215 g/mol. The van der Waals surface area contributed by atoms with Crippen molar-refractivity contribution in [3.05, 3.63) is 58.4 Å². The van der Waals surface area contributed by atoms with Crippen molar-refractivity contribution >= 4 is 5.97 Å². The quantitative estimate of drug-likeness (QED) is 0.801. The highest BCUT2D eigenvalue weighted by molar-refractivity contribution is 5.88. The second-order valence-electron chi connectivity index (χ2n) is 3.32. The molecule has 1 aromatic carbocycles. The number of aromatic amines is 1. The summed E-state index contributed by atoms with van der Waals surface area (Å²) in [6.07, 6.45) is 1.56. The van der Waals surface area contributed by atoms with Crippen LogP contribution in [0.3, 0.4) is 0 Å². The molecule has 1 aromatic heterocycles. The molecule has 2 aromatic rings. The first-order valence-corrected chi connectivity index (χ1v) is 4.69. The average Bonchev–Trinajstić information content (AvgIpc) is 2.29. The minimum atomic E-state index is -0.965. The van der Waals surface area contributed by atoms with E-state index in [4.69, 9.17) is 5.11 Å². The number of carbonyl (C=O) groups is 1. The molecule has 0 aliphatic heterocycles. The van der Waals surface area contributed by atoms with E-state index < -0.39 is 5.97 Å². The standard InChI is InChI=1S/C12H9NO3/c14-10-5-6-13-11(7-10)8-1-3-9(4-2-8)12(15)16/h1-7H,(H,13,14)(H,15,16). The van der Waals surface area contributed by atoms with Gasteiger partial charge in [0, 0.05) is 24.0 Å². The highest BCUT2D eigenvalue weighted by Crippen LogP contribution is 2.15. The van der Waals surface area contributed by atoms with Crippen LogP contribution in [0, 0.1) is 0 Å². The van der Waals surface area contributed by atoms with Crippen LogP contribution in [0.4, 0.5) is 0 Å². The lowest BCUT2D eigenvalue weighted by molar-refractivity contribution is 0.0697. The molecule has 0 fully saturated rings. The number of pyridine rings is 1. The van der Waals surface area contributed by atoms with Crippen LogP contribution in [-0.2, 0) is 0 Å². The summed E-state index contributed by atoms with van der Waals surface area (Å²) < 4.78 is 0. The molecule has 4 nitrogen and oxygen atoms in total. The van der Waals surface area contributed by atoms with Crippen LogP contribution in [0.2, 0.25) is 0 Å². The summed E-state index contributed by atoms with van der Waals surface area (Å²) in [4.78, 5) is 24.7. The molecule has 80 valence electrons. The van der Waals surface area contributed by atoms with Gasteiger partial charge in [0.1, 0.15) is 0 Å². The summed E-state index contributed by atoms with van der Waals surface area (Å²) in [6.45, 7) is 0. The Balaban J connectivity index is 2.42. The van der Waals surface area contributed by atoms with E-state index >= 15 is 0 Å². The highest BCUT2D eigenvalue weighted by Gasteiger charge is 2.03. The van der Waals surface area contributed by atoms with Crippen LogP contribution in [0.15, 0.2) is 47.4 Å². The van der Waals surface area contributed by atoms with Gasteiger partial charge in [0.2, 0.25) is 0 Å². The lowest BCUT2D eigenvalue weighted by Crippen LogP contribution is -1.99. The van der Waals surface area contributed by atoms with Crippen LogP contribution in [-0.4, -0.2) is 16.1 Å². The molecule has 0 saturated heterocycles. The molecular formula is C12H9NO3. The molecule has 2 N–H and O–H groups in total. The Hall–Kier alpha value is -2.36. The van der Waals surface area contributed by atoms with Crippen LogP contribution in [0.5, 0.6) is 0 Å². The first-order chi connectivity index (χ1) is 7.66. The summed E-state index contributed by atoms with van der Waals surface area (Å²) in [5.74, 6) is -0.965. The van der Waals surface area contributed by atoms with E-state index in [9.17, 15) is 9.59 Å². The van der Waals surface area contributed by atoms with Crippen LogP contribution < -0.4 is 5.43 Å². The van der Waals surface area contributed by atoms with E-state index in [1.54, 1.807) is 18.3 Å². The fourth-order valence-electron chi connectivity index (χ4n) is 1.40. The molecule has 0 atom stereocenters. The van der Waals surface area contributed by atoms with Crippen LogP contribution >= 0.6 is 0 Å². The lowest BCUT2D eigenvalue weighted by Gasteiger charge is -2.01. The molecule has 0 spiro atoms. The number of aromatic nitrogens is 1. The molecule has 0 amide bonds. The molecule has 0 aliphatic rings. The molecule has 0 aliphatic carbocycles. The van der Waals surface area contributed by atoms with Crippen molar-refractivity contribution in [2.45, 2.75) is 0 Å². The highest BCUT2D eigenvalue weighted by atomic mass is 16.4. The fourth-order valence-corrected chi connectivity index (χ4v) is 1.40. The van der Waals surface area contributed by atoms with Gasteiger partial charge >= 0.3 is 5.97 Å². The molecule has 0 bridgehead atoms. The van der Waals surface area contributed by atoms with Crippen molar-refractivity contribution in [2.75, 3.05) is 0 Å². The number of rotatable bonds is 2. The van der Waals surface area contributed by atoms with E-state index in [2.05, 4.69) is 4.98 Å². The Labute approximate surface area is 91.2 Å². The normalized spacial score (nSPS) is 10.0. The maximum atomic E-state index is 11.1. The fraction of sp³-hybridized carbons (Fsp3) is 0. The van der Waals surface area contributed by atoms with Crippen molar-refractivity contribution in [3.8, 4) is 11.3 Å². The molecule has 16 heavy (non-hydrogen) atoms. The van der Waals surface area contributed by atoms with Gasteiger partial charge in [-0.3, -0.25) is 4.79 Å². The van der Waals surface area contributed by atoms with E-state index in [0.717, 1.165) is 5.56 Å². The predicted octanol–water partition coefficient (Wildman–Crippen LogP) is 1.74. The number of hydrogen-bond donors (Lipinski definition) is 2. The van der Waals surface area contributed by atoms with Crippen LogP contribution in [0.1, 0.15) is 10.4 Å². The minimum absolute atomic E-state index is 0.0870. The Morgan fingerprint density at radius 3 is 2.38 bits per heavy atom. The molecule has 4 heteroatoms. The summed E-state index contributed by atoms with van der Waals surface area (Å²) in [7, 11) is 0. The Kier molecular flexibility index (Phi) is 2.55. The van der Waals surface area contributed by atoms with Gasteiger partial charge in [-0.25, -0.2) is 4.79 Å². The van der Waals surface area contributed by atoms with Gasteiger partial charge in [0.15, 0.2) is 5.43 Å². The Morgan fingerprint density at radius 2 is 1.81 bits per heavy atom. The Morgan fingerprint density at radius 1 is 1.12 bits per heavy atom. The summed E-state index contributed by atoms with van der Waals surface area (Å²) in [6, 6.07) is 9.22. The zero-order chi connectivity index (χ0) is 11.5. The monoisotopic (exact) mass is 215 g/mol. The summed E-state index contributed by atoms with van der Waals surface area (Å²) in [5, 5.41) is 8.73. The van der Waals surface area contributed by atoms with Gasteiger partial charge < -0.3 is 10.1 Å². The number of H-pyrrole nitrogens is 1. The van der Waals surface area contributed by atoms with Gasteiger partial charge in [-0.1, -0.05) is 12.1 Å². The maximum absolute atomic E-state index is 11.1. The molecule has 0 saturated carbocycles. The zero-order valence-corrected chi connectivity index (χ0v) is 8.31. The SMILES string of the molecule is O=C(O)c1ccc(-c2cc(=O)cc[nH]2)cc1. The van der Waals surface area contributed by atoms with E-state index in [-0.39, 0.29) is 11.0 Å². The second kappa shape index (κ2) is 4.02. The molecular weight excluding hydrogens is 206 g/mol. The van der Waals surface area contributed by atoms with E-state index in [0.29, 0.717) is 5.69 Å². The number of nitrogens with one attached hydrogen (secondary N) is 1. The first-order valence-electron chi connectivity index (χ1n) is 4.69. The van der Waals surface area contributed by atoms with Crippen molar-refractivity contribution in [3.63, 3.8) is 0 Å². The summed E-state index contributed by atoms with van der Waals surface area (Å²) >= 11 is 0. The van der Waals surface area contributed by atoms with E-state index in [1.807, 2.05) is 0 Å². The smallest absolute Gasteiger partial charge is 0.335 e. The molecule has 0 unspecified atom stereocenters. The third-order valence-corrected chi connectivity index (χ3v) is 2.22. The van der Waals surface area contributed by atoms with Gasteiger partial charge in [0.25, 0.3) is 0 Å². The maximum Gasteiger partial charge on any atom is 0.335 e. The predicted molar refractivity (Wildman–Crippen MR) is 59.5 cm³/mol. The third-order valence-electron chi connectivity index (χ3n) is 2.22. The van der Waals surface area contributed by atoms with Gasteiger partial charge in [-0.05, 0) is 17.7 Å². The molecule has 1 heterocycles. The Bertz CT molecular complexity index is 569. The van der Waals surface area contributed by atoms with Crippen molar-refractivity contribution in [1.29, 1.82) is 0 Å².